The molecule has 0 aliphatic carbocycles. The van der Waals surface area contributed by atoms with Gasteiger partial charge in [-0.05, 0) is 38.6 Å². The summed E-state index contributed by atoms with van der Waals surface area (Å²) in [6, 6.07) is -5.01. The van der Waals surface area contributed by atoms with Gasteiger partial charge in [-0.1, -0.05) is 0 Å². The van der Waals surface area contributed by atoms with Gasteiger partial charge in [-0.25, -0.2) is 4.79 Å². The summed E-state index contributed by atoms with van der Waals surface area (Å²) in [5, 5.41) is 25.3. The van der Waals surface area contributed by atoms with Crippen LogP contribution in [0.2, 0.25) is 0 Å². The number of nitrogens with two attached hydrogens (primary N) is 4. The minimum atomic E-state index is -1.40. The molecule has 3 amide bonds. The number of guanidine groups is 1. The summed E-state index contributed by atoms with van der Waals surface area (Å²) >= 11 is 4.01. The predicted octanol–water partition coefficient (Wildman–Crippen LogP) is -3.56. The smallest absolute Gasteiger partial charge is 0.326 e. The Kier molecular flexibility index (Phi) is 15.8. The molecular formula is C19H36N8O7S. The molecule has 13 N–H and O–H groups in total. The molecule has 0 rings (SSSR count). The zero-order valence-corrected chi connectivity index (χ0v) is 20.2. The van der Waals surface area contributed by atoms with Crippen molar-refractivity contribution in [2.75, 3.05) is 18.8 Å². The van der Waals surface area contributed by atoms with Crippen LogP contribution in [0, 0.1) is 0 Å². The van der Waals surface area contributed by atoms with Crippen molar-refractivity contribution in [3.8, 4) is 0 Å². The molecule has 4 unspecified atom stereocenters. The summed E-state index contributed by atoms with van der Waals surface area (Å²) in [5.41, 5.74) is 21.5. The van der Waals surface area contributed by atoms with Gasteiger partial charge in [-0.3, -0.25) is 24.2 Å². The Morgan fingerprint density at radius 1 is 0.829 bits per heavy atom. The number of carboxylic acid groups (broad SMARTS) is 2. The van der Waals surface area contributed by atoms with E-state index >= 15 is 0 Å². The fourth-order valence-electron chi connectivity index (χ4n) is 2.82. The van der Waals surface area contributed by atoms with Gasteiger partial charge in [0.25, 0.3) is 0 Å². The van der Waals surface area contributed by atoms with Crippen LogP contribution in [0.3, 0.4) is 0 Å². The molecule has 35 heavy (non-hydrogen) atoms. The van der Waals surface area contributed by atoms with Crippen LogP contribution in [-0.2, 0) is 24.0 Å². The van der Waals surface area contributed by atoms with E-state index in [0.29, 0.717) is 19.4 Å². The van der Waals surface area contributed by atoms with Crippen molar-refractivity contribution in [1.82, 2.24) is 16.0 Å². The maximum atomic E-state index is 12.8. The van der Waals surface area contributed by atoms with E-state index in [1.165, 1.54) is 0 Å². The average molecular weight is 521 g/mol. The summed E-state index contributed by atoms with van der Waals surface area (Å²) in [7, 11) is 0. The van der Waals surface area contributed by atoms with Gasteiger partial charge in [-0.15, -0.1) is 0 Å². The molecule has 0 aliphatic heterocycles. The Hall–Kier alpha value is -3.11. The summed E-state index contributed by atoms with van der Waals surface area (Å²) in [6.45, 7) is 0.522. The zero-order valence-electron chi connectivity index (χ0n) is 19.3. The highest BCUT2D eigenvalue weighted by Crippen LogP contribution is 2.05. The lowest BCUT2D eigenvalue weighted by atomic mass is 10.1. The number of carbonyl (C=O) groups is 5. The molecule has 0 saturated heterocycles. The van der Waals surface area contributed by atoms with Crippen LogP contribution in [0.25, 0.3) is 0 Å². The van der Waals surface area contributed by atoms with E-state index in [9.17, 15) is 29.1 Å². The number of carbonyl (C=O) groups excluding carboxylic acids is 3. The first-order chi connectivity index (χ1) is 16.4. The van der Waals surface area contributed by atoms with Gasteiger partial charge in [-0.2, -0.15) is 12.6 Å². The zero-order chi connectivity index (χ0) is 27.0. The molecule has 0 radical (unpaired) electrons. The Labute approximate surface area is 208 Å². The summed E-state index contributed by atoms with van der Waals surface area (Å²) in [6.07, 6.45) is 0.857. The van der Waals surface area contributed by atoms with E-state index in [0.717, 1.165) is 0 Å². The number of hydrogen-bond donors (Lipinski definition) is 10. The number of aliphatic imine (C=N–C) groups is 1. The molecule has 4 atom stereocenters. The number of nitrogens with zero attached hydrogens (tertiary/aromatic N) is 1. The molecule has 0 fully saturated rings. The van der Waals surface area contributed by atoms with Crippen molar-refractivity contribution in [2.24, 2.45) is 27.9 Å². The molecule has 15 nitrogen and oxygen atoms in total. The van der Waals surface area contributed by atoms with Crippen LogP contribution in [0.15, 0.2) is 4.99 Å². The molecule has 0 spiro atoms. The van der Waals surface area contributed by atoms with Gasteiger partial charge in [0, 0.05) is 12.3 Å². The first-order valence-electron chi connectivity index (χ1n) is 10.9. The molecular weight excluding hydrogens is 484 g/mol. The van der Waals surface area contributed by atoms with Gasteiger partial charge in [0.05, 0.1) is 12.5 Å². The second-order valence-electron chi connectivity index (χ2n) is 7.64. The number of amides is 3. The van der Waals surface area contributed by atoms with Gasteiger partial charge < -0.3 is 49.1 Å². The number of carboxylic acids is 2. The lowest BCUT2D eigenvalue weighted by Gasteiger charge is -2.24. The van der Waals surface area contributed by atoms with E-state index in [4.69, 9.17) is 28.0 Å². The molecule has 200 valence electrons. The molecule has 0 aromatic heterocycles. The minimum Gasteiger partial charge on any atom is -0.481 e. The summed E-state index contributed by atoms with van der Waals surface area (Å²) < 4.78 is 0. The molecule has 0 aliphatic rings. The third-order valence-electron chi connectivity index (χ3n) is 4.69. The maximum Gasteiger partial charge on any atom is 0.326 e. The topological polar surface area (TPSA) is 278 Å². The number of unbranched alkanes of at least 4 members (excludes halogenated alkanes) is 1. The Bertz CT molecular complexity index is 763. The van der Waals surface area contributed by atoms with Crippen molar-refractivity contribution in [2.45, 2.75) is 62.7 Å². The molecule has 0 bridgehead atoms. The molecule has 0 aromatic rings. The van der Waals surface area contributed by atoms with E-state index in [1.807, 2.05) is 0 Å². The standard InChI is InChI=1S/C19H36N8O7S/c20-6-2-1-4-12(18(33)34)26-16(31)11(5-3-7-24-19(22)23)25-17(32)13(9-35)27-15(30)10(21)8-14(28)29/h10-13,35H,1-9,20-21H2,(H,25,32)(H,26,31)(H,27,30)(H,28,29)(H,33,34)(H4,22,23,24). The van der Waals surface area contributed by atoms with Crippen LogP contribution in [-0.4, -0.2) is 88.8 Å². The first kappa shape index (κ1) is 31.9. The van der Waals surface area contributed by atoms with Gasteiger partial charge >= 0.3 is 11.9 Å². The number of hydrogen-bond acceptors (Lipinski definition) is 9. The van der Waals surface area contributed by atoms with Crippen LogP contribution in [0.4, 0.5) is 0 Å². The van der Waals surface area contributed by atoms with Gasteiger partial charge in [0.1, 0.15) is 18.1 Å². The normalized spacial score (nSPS) is 14.0. The van der Waals surface area contributed by atoms with E-state index in [2.05, 4.69) is 33.6 Å². The van der Waals surface area contributed by atoms with Crippen molar-refractivity contribution in [3.63, 3.8) is 0 Å². The van der Waals surface area contributed by atoms with Crippen molar-refractivity contribution < 1.29 is 34.2 Å². The van der Waals surface area contributed by atoms with Gasteiger partial charge in [0.2, 0.25) is 17.7 Å². The fourth-order valence-corrected chi connectivity index (χ4v) is 3.08. The minimum absolute atomic E-state index is 0.0509. The van der Waals surface area contributed by atoms with Crippen molar-refractivity contribution in [3.05, 3.63) is 0 Å². The highest BCUT2D eigenvalue weighted by atomic mass is 32.1. The van der Waals surface area contributed by atoms with Crippen LogP contribution in [0.1, 0.15) is 38.5 Å². The van der Waals surface area contributed by atoms with Gasteiger partial charge in [0.15, 0.2) is 5.96 Å². The molecule has 0 saturated carbocycles. The van der Waals surface area contributed by atoms with E-state index in [1.54, 1.807) is 0 Å². The maximum absolute atomic E-state index is 12.8. The fraction of sp³-hybridized carbons (Fsp3) is 0.684. The van der Waals surface area contributed by atoms with Crippen LogP contribution in [0.5, 0.6) is 0 Å². The quantitative estimate of drug-likeness (QED) is 0.0365. The third kappa shape index (κ3) is 14.0. The van der Waals surface area contributed by atoms with Crippen LogP contribution >= 0.6 is 12.6 Å². The summed E-state index contributed by atoms with van der Waals surface area (Å²) in [5.74, 6) is -5.32. The Balaban J connectivity index is 5.38. The van der Waals surface area contributed by atoms with Crippen molar-refractivity contribution >= 4 is 48.2 Å². The first-order valence-corrected chi connectivity index (χ1v) is 11.5. The number of rotatable bonds is 18. The lowest BCUT2D eigenvalue weighted by Crippen LogP contribution is -2.57. The highest BCUT2D eigenvalue weighted by molar-refractivity contribution is 7.80. The number of aliphatic carboxylic acids is 2. The highest BCUT2D eigenvalue weighted by Gasteiger charge is 2.30. The van der Waals surface area contributed by atoms with E-state index < -0.39 is 60.2 Å². The van der Waals surface area contributed by atoms with E-state index in [-0.39, 0.29) is 37.5 Å². The molecule has 0 aromatic carbocycles. The second kappa shape index (κ2) is 17.3. The number of thiol groups is 1. The monoisotopic (exact) mass is 520 g/mol. The lowest BCUT2D eigenvalue weighted by molar-refractivity contribution is -0.142. The predicted molar refractivity (Wildman–Crippen MR) is 130 cm³/mol. The number of nitrogens with one attached hydrogen (secondary N) is 3. The van der Waals surface area contributed by atoms with Crippen molar-refractivity contribution in [1.29, 1.82) is 0 Å². The second-order valence-corrected chi connectivity index (χ2v) is 8.01. The Morgan fingerprint density at radius 2 is 1.37 bits per heavy atom. The molecule has 0 heterocycles. The third-order valence-corrected chi connectivity index (χ3v) is 5.05. The average Bonchev–Trinajstić information content (AvgIpc) is 2.77. The SMILES string of the molecule is NCCCCC(NC(=O)C(CCCN=C(N)N)NC(=O)C(CS)NC(=O)C(N)CC(=O)O)C(=O)O. The Morgan fingerprint density at radius 3 is 1.89 bits per heavy atom. The largest absolute Gasteiger partial charge is 0.481 e. The summed E-state index contributed by atoms with van der Waals surface area (Å²) in [4.78, 5) is 63.7. The molecule has 16 heteroatoms. The van der Waals surface area contributed by atoms with Crippen LogP contribution < -0.4 is 38.9 Å².